The molecule has 2 N–H and O–H groups in total. The highest BCUT2D eigenvalue weighted by atomic mass is 79.9. The van der Waals surface area contributed by atoms with Gasteiger partial charge in [-0.15, -0.1) is 0 Å². The predicted molar refractivity (Wildman–Crippen MR) is 82.3 cm³/mol. The van der Waals surface area contributed by atoms with Crippen molar-refractivity contribution in [2.45, 2.75) is 31.9 Å². The third-order valence-electron chi connectivity index (χ3n) is 3.77. The van der Waals surface area contributed by atoms with Crippen LogP contribution in [0.25, 0.3) is 0 Å². The number of aliphatic hydroxyl groups is 1. The van der Waals surface area contributed by atoms with Gasteiger partial charge in [0.2, 0.25) is 0 Å². The van der Waals surface area contributed by atoms with Crippen LogP contribution in [-0.2, 0) is 6.54 Å². The van der Waals surface area contributed by atoms with E-state index in [0.717, 1.165) is 53.9 Å². The molecule has 2 unspecified atom stereocenters. The monoisotopic (exact) mass is 343 g/mol. The average Bonchev–Trinajstić information content (AvgIpc) is 2.83. The van der Waals surface area contributed by atoms with Crippen molar-refractivity contribution in [2.75, 3.05) is 20.8 Å². The van der Waals surface area contributed by atoms with Crippen molar-refractivity contribution in [3.05, 3.63) is 22.2 Å². The minimum Gasteiger partial charge on any atom is -0.493 e. The molecule has 1 saturated carbocycles. The highest BCUT2D eigenvalue weighted by Gasteiger charge is 2.22. The third-order valence-corrected chi connectivity index (χ3v) is 4.36. The summed E-state index contributed by atoms with van der Waals surface area (Å²) >= 11 is 3.50. The summed E-state index contributed by atoms with van der Waals surface area (Å²) in [7, 11) is 3.27. The summed E-state index contributed by atoms with van der Waals surface area (Å²) in [5.41, 5.74) is 1.15. The quantitative estimate of drug-likeness (QED) is 0.833. The molecular formula is C15H22BrNO3. The Balaban J connectivity index is 1.91. The molecule has 0 amide bonds. The highest BCUT2D eigenvalue weighted by molar-refractivity contribution is 9.10. The zero-order chi connectivity index (χ0) is 14.5. The maximum atomic E-state index is 9.51. The minimum absolute atomic E-state index is 0.1000. The van der Waals surface area contributed by atoms with Crippen molar-refractivity contribution in [1.82, 2.24) is 5.32 Å². The van der Waals surface area contributed by atoms with E-state index in [0.29, 0.717) is 5.92 Å². The van der Waals surface area contributed by atoms with Gasteiger partial charge in [0.15, 0.2) is 11.5 Å². The molecule has 0 aliphatic heterocycles. The lowest BCUT2D eigenvalue weighted by Crippen LogP contribution is -2.21. The fourth-order valence-electron chi connectivity index (χ4n) is 2.73. The number of aliphatic hydroxyl groups excluding tert-OH is 1. The molecule has 1 aliphatic rings. The van der Waals surface area contributed by atoms with E-state index >= 15 is 0 Å². The van der Waals surface area contributed by atoms with Crippen LogP contribution in [0, 0.1) is 5.92 Å². The van der Waals surface area contributed by atoms with E-state index in [1.165, 1.54) is 0 Å². The Kier molecular flexibility index (Phi) is 5.69. The molecule has 20 heavy (non-hydrogen) atoms. The molecular weight excluding hydrogens is 322 g/mol. The number of ether oxygens (including phenoxy) is 2. The molecule has 0 radical (unpaired) electrons. The molecule has 1 aromatic carbocycles. The third kappa shape index (κ3) is 3.87. The van der Waals surface area contributed by atoms with E-state index in [1.54, 1.807) is 14.2 Å². The van der Waals surface area contributed by atoms with Crippen molar-refractivity contribution < 1.29 is 14.6 Å². The van der Waals surface area contributed by atoms with E-state index in [-0.39, 0.29) is 6.10 Å². The van der Waals surface area contributed by atoms with Crippen LogP contribution in [0.4, 0.5) is 0 Å². The Bertz CT molecular complexity index is 453. The number of halogens is 1. The molecule has 1 aliphatic carbocycles. The van der Waals surface area contributed by atoms with Gasteiger partial charge < -0.3 is 19.9 Å². The molecule has 5 heteroatoms. The lowest BCUT2D eigenvalue weighted by atomic mass is 10.1. The van der Waals surface area contributed by atoms with Gasteiger partial charge in [0, 0.05) is 6.54 Å². The smallest absolute Gasteiger partial charge is 0.174 e. The molecule has 0 aromatic heterocycles. The number of benzene rings is 1. The van der Waals surface area contributed by atoms with Crippen LogP contribution >= 0.6 is 15.9 Å². The number of hydrogen-bond acceptors (Lipinski definition) is 4. The summed E-state index contributed by atoms with van der Waals surface area (Å²) < 4.78 is 11.5. The van der Waals surface area contributed by atoms with E-state index in [2.05, 4.69) is 21.2 Å². The molecule has 0 heterocycles. The fraction of sp³-hybridized carbons (Fsp3) is 0.600. The molecule has 0 bridgehead atoms. The van der Waals surface area contributed by atoms with Gasteiger partial charge in [-0.05, 0) is 65.4 Å². The summed E-state index contributed by atoms with van der Waals surface area (Å²) in [6.45, 7) is 1.73. The first-order chi connectivity index (χ1) is 9.63. The van der Waals surface area contributed by atoms with Gasteiger partial charge in [0.1, 0.15) is 0 Å². The molecule has 2 atom stereocenters. The highest BCUT2D eigenvalue weighted by Crippen LogP contribution is 2.36. The van der Waals surface area contributed by atoms with Gasteiger partial charge in [-0.3, -0.25) is 0 Å². The van der Waals surface area contributed by atoms with Gasteiger partial charge in [-0.1, -0.05) is 0 Å². The normalized spacial score (nSPS) is 22.0. The largest absolute Gasteiger partial charge is 0.493 e. The Morgan fingerprint density at radius 3 is 2.70 bits per heavy atom. The first-order valence-electron chi connectivity index (χ1n) is 6.93. The SMILES string of the molecule is COc1cc(CNCC2CCC(O)C2)cc(Br)c1OC. The van der Waals surface area contributed by atoms with Crippen LogP contribution in [0.2, 0.25) is 0 Å². The maximum absolute atomic E-state index is 9.51. The molecule has 1 aromatic rings. The summed E-state index contributed by atoms with van der Waals surface area (Å²) in [6.07, 6.45) is 2.87. The van der Waals surface area contributed by atoms with E-state index in [9.17, 15) is 5.11 Å². The summed E-state index contributed by atoms with van der Waals surface area (Å²) in [5, 5.41) is 13.0. The summed E-state index contributed by atoms with van der Waals surface area (Å²) in [6, 6.07) is 4.03. The number of hydrogen-bond donors (Lipinski definition) is 2. The molecule has 2 rings (SSSR count). The summed E-state index contributed by atoms with van der Waals surface area (Å²) in [4.78, 5) is 0. The van der Waals surface area contributed by atoms with E-state index < -0.39 is 0 Å². The van der Waals surface area contributed by atoms with Crippen LogP contribution < -0.4 is 14.8 Å². The lowest BCUT2D eigenvalue weighted by molar-refractivity contribution is 0.177. The Hall–Kier alpha value is -0.780. The molecule has 112 valence electrons. The van der Waals surface area contributed by atoms with Gasteiger partial charge in [0.05, 0.1) is 24.8 Å². The van der Waals surface area contributed by atoms with Crippen LogP contribution in [-0.4, -0.2) is 32.0 Å². The maximum Gasteiger partial charge on any atom is 0.174 e. The molecule has 0 spiro atoms. The molecule has 0 saturated heterocycles. The van der Waals surface area contributed by atoms with Gasteiger partial charge >= 0.3 is 0 Å². The second-order valence-electron chi connectivity index (χ2n) is 5.28. The standard InChI is InChI=1S/C15H22BrNO3/c1-19-14-7-11(6-13(16)15(14)20-2)9-17-8-10-3-4-12(18)5-10/h6-7,10,12,17-18H,3-5,8-9H2,1-2H3. The predicted octanol–water partition coefficient (Wildman–Crippen LogP) is 2.72. The van der Waals surface area contributed by atoms with Crippen molar-refractivity contribution in [2.24, 2.45) is 5.92 Å². The minimum atomic E-state index is -0.1000. The topological polar surface area (TPSA) is 50.7 Å². The molecule has 1 fully saturated rings. The van der Waals surface area contributed by atoms with E-state index in [4.69, 9.17) is 9.47 Å². The number of nitrogens with one attached hydrogen (secondary N) is 1. The molecule has 4 nitrogen and oxygen atoms in total. The van der Waals surface area contributed by atoms with Crippen molar-refractivity contribution >= 4 is 15.9 Å². The Morgan fingerprint density at radius 2 is 2.10 bits per heavy atom. The fourth-order valence-corrected chi connectivity index (χ4v) is 3.38. The van der Waals surface area contributed by atoms with Gasteiger partial charge in [-0.2, -0.15) is 0 Å². The van der Waals surface area contributed by atoms with Gasteiger partial charge in [0.25, 0.3) is 0 Å². The van der Waals surface area contributed by atoms with Crippen molar-refractivity contribution in [3.8, 4) is 11.5 Å². The van der Waals surface area contributed by atoms with Crippen LogP contribution in [0.1, 0.15) is 24.8 Å². The van der Waals surface area contributed by atoms with Crippen LogP contribution in [0.3, 0.4) is 0 Å². The Labute approximate surface area is 128 Å². The zero-order valence-corrected chi connectivity index (χ0v) is 13.6. The lowest BCUT2D eigenvalue weighted by Gasteiger charge is -2.14. The zero-order valence-electron chi connectivity index (χ0n) is 12.0. The second kappa shape index (κ2) is 7.29. The van der Waals surface area contributed by atoms with Crippen LogP contribution in [0.15, 0.2) is 16.6 Å². The van der Waals surface area contributed by atoms with Gasteiger partial charge in [-0.25, -0.2) is 0 Å². The second-order valence-corrected chi connectivity index (χ2v) is 6.13. The average molecular weight is 344 g/mol. The number of rotatable bonds is 6. The van der Waals surface area contributed by atoms with Crippen LogP contribution in [0.5, 0.6) is 11.5 Å². The summed E-state index contributed by atoms with van der Waals surface area (Å²) in [5.74, 6) is 2.04. The van der Waals surface area contributed by atoms with Crippen molar-refractivity contribution in [1.29, 1.82) is 0 Å². The first-order valence-corrected chi connectivity index (χ1v) is 7.72. The van der Waals surface area contributed by atoms with E-state index in [1.807, 2.05) is 12.1 Å². The Morgan fingerprint density at radius 1 is 1.30 bits per heavy atom. The number of methoxy groups -OCH3 is 2. The van der Waals surface area contributed by atoms with Crippen molar-refractivity contribution in [3.63, 3.8) is 0 Å². The first kappa shape index (κ1) is 15.6.